The first kappa shape index (κ1) is 45.6. The predicted molar refractivity (Wildman–Crippen MR) is 226 cm³/mol. The van der Waals surface area contributed by atoms with E-state index in [1.807, 2.05) is 79.9 Å². The van der Waals surface area contributed by atoms with Crippen molar-refractivity contribution in [2.24, 2.45) is 0 Å². The van der Waals surface area contributed by atoms with Gasteiger partial charge in [0.25, 0.3) is 0 Å². The van der Waals surface area contributed by atoms with Crippen molar-refractivity contribution >= 4 is 46.6 Å². The largest absolute Gasteiger partial charge is 0.451 e. The van der Waals surface area contributed by atoms with E-state index in [-0.39, 0.29) is 44.5 Å². The van der Waals surface area contributed by atoms with Crippen LogP contribution in [0.5, 0.6) is 0 Å². The summed E-state index contributed by atoms with van der Waals surface area (Å²) in [5.41, 5.74) is 4.23. The van der Waals surface area contributed by atoms with Crippen LogP contribution in [0.25, 0.3) is 0 Å². The molecule has 2 aromatic carbocycles. The standard InChI is InChI=1S/C42H49F3N10O5S2/c1-27(2)38-48-32(25-61-38)22-53(3)40(58)50-34(20-36(56)54-16-17-55-35(23-54)51-52-39(55)42(43,44)45)37(57)47-30(18-28-10-6-4-7-11-28)14-15-31(19-29-12-8-5-9-13-29)49-41(59)60-24-33-21-46-26-62-33/h4-13,21,25-27,30-31,34H,14-20,22-24H2,1-3H3,(H,47,57)(H,49,59)(H,50,58). The third-order valence-electron chi connectivity index (χ3n) is 10.2. The fourth-order valence-electron chi connectivity index (χ4n) is 6.94. The summed E-state index contributed by atoms with van der Waals surface area (Å²) in [6.45, 7) is 3.70. The van der Waals surface area contributed by atoms with Crippen LogP contribution in [0.15, 0.2) is 77.8 Å². The van der Waals surface area contributed by atoms with Crippen LogP contribution in [0.3, 0.4) is 0 Å². The van der Waals surface area contributed by atoms with Crippen molar-refractivity contribution in [3.63, 3.8) is 0 Å². The van der Waals surface area contributed by atoms with Crippen LogP contribution in [0.4, 0.5) is 22.8 Å². The number of aromatic nitrogens is 5. The first-order valence-electron chi connectivity index (χ1n) is 20.1. The molecule has 0 saturated heterocycles. The Bertz CT molecular complexity index is 2240. The Morgan fingerprint density at radius 3 is 2.15 bits per heavy atom. The highest BCUT2D eigenvalue weighted by Gasteiger charge is 2.40. The van der Waals surface area contributed by atoms with E-state index in [4.69, 9.17) is 4.74 Å². The van der Waals surface area contributed by atoms with Crippen molar-refractivity contribution in [1.29, 1.82) is 0 Å². The van der Waals surface area contributed by atoms with Crippen LogP contribution < -0.4 is 16.0 Å². The number of nitrogens with one attached hydrogen (secondary N) is 3. The molecule has 3 unspecified atom stereocenters. The maximum atomic E-state index is 14.4. The maximum Gasteiger partial charge on any atom is 0.451 e. The molecule has 5 aromatic rings. The normalized spacial score (nSPS) is 14.1. The number of nitrogens with zero attached hydrogens (tertiary/aromatic N) is 7. The summed E-state index contributed by atoms with van der Waals surface area (Å²) in [5, 5.41) is 18.6. The molecule has 20 heteroatoms. The van der Waals surface area contributed by atoms with Crippen molar-refractivity contribution in [2.75, 3.05) is 13.6 Å². The Kier molecular flexibility index (Phi) is 15.7. The second kappa shape index (κ2) is 21.3. The van der Waals surface area contributed by atoms with E-state index in [0.717, 1.165) is 25.6 Å². The number of fused-ring (bicyclic) bond motifs is 1. The minimum Gasteiger partial charge on any atom is -0.444 e. The number of urea groups is 1. The third-order valence-corrected chi connectivity index (χ3v) is 12.1. The van der Waals surface area contributed by atoms with Crippen LogP contribution in [0.2, 0.25) is 0 Å². The molecule has 0 aliphatic carbocycles. The summed E-state index contributed by atoms with van der Waals surface area (Å²) in [5.74, 6) is -2.19. The first-order valence-corrected chi connectivity index (χ1v) is 21.9. The second-order valence-corrected chi connectivity index (χ2v) is 17.2. The van der Waals surface area contributed by atoms with Gasteiger partial charge in [-0.3, -0.25) is 14.6 Å². The fourth-order valence-corrected chi connectivity index (χ4v) is 8.27. The Labute approximate surface area is 365 Å². The van der Waals surface area contributed by atoms with Crippen LogP contribution >= 0.6 is 22.7 Å². The summed E-state index contributed by atoms with van der Waals surface area (Å²) < 4.78 is 47.0. The lowest BCUT2D eigenvalue weighted by molar-refractivity contribution is -0.148. The average molecular weight is 895 g/mol. The zero-order valence-electron chi connectivity index (χ0n) is 34.5. The molecule has 3 aromatic heterocycles. The van der Waals surface area contributed by atoms with Crippen molar-refractivity contribution in [3.8, 4) is 0 Å². The number of rotatable bonds is 18. The predicted octanol–water partition coefficient (Wildman–Crippen LogP) is 6.32. The molecule has 0 fully saturated rings. The molecule has 3 atom stereocenters. The first-order chi connectivity index (χ1) is 29.7. The van der Waals surface area contributed by atoms with Crippen LogP contribution in [0, 0.1) is 0 Å². The average Bonchev–Trinajstić information content (AvgIpc) is 4.04. The van der Waals surface area contributed by atoms with Crippen LogP contribution in [-0.4, -0.2) is 90.2 Å². The van der Waals surface area contributed by atoms with Gasteiger partial charge in [0.1, 0.15) is 12.6 Å². The summed E-state index contributed by atoms with van der Waals surface area (Å²) in [4.78, 5) is 67.1. The number of carbonyl (C=O) groups is 4. The van der Waals surface area contributed by atoms with Gasteiger partial charge in [0, 0.05) is 49.7 Å². The molecule has 1 aliphatic heterocycles. The zero-order valence-corrected chi connectivity index (χ0v) is 36.1. The lowest BCUT2D eigenvalue weighted by Gasteiger charge is -2.30. The SMILES string of the molecule is CC(C)c1nc(CN(C)C(=O)NC(CC(=O)N2CCn3c(nnc3C(F)(F)F)C2)C(=O)NC(CCC(Cc2ccccc2)NC(=O)OCc2cncs2)Cc2ccccc2)cs1. The third kappa shape index (κ3) is 13.1. The molecule has 5 amide bonds. The number of alkyl carbamates (subject to hydrolysis) is 1. The van der Waals surface area contributed by atoms with Gasteiger partial charge in [0.15, 0.2) is 5.82 Å². The van der Waals surface area contributed by atoms with Gasteiger partial charge in [-0.05, 0) is 36.8 Å². The summed E-state index contributed by atoms with van der Waals surface area (Å²) in [6.07, 6.45) is -2.50. The molecule has 3 N–H and O–H groups in total. The smallest absolute Gasteiger partial charge is 0.444 e. The summed E-state index contributed by atoms with van der Waals surface area (Å²) in [7, 11) is 1.55. The minimum atomic E-state index is -4.72. The van der Waals surface area contributed by atoms with Gasteiger partial charge in [0.2, 0.25) is 17.6 Å². The molecule has 330 valence electrons. The molecule has 6 rings (SSSR count). The van der Waals surface area contributed by atoms with Gasteiger partial charge in [0.05, 0.1) is 40.6 Å². The van der Waals surface area contributed by atoms with E-state index in [0.29, 0.717) is 31.4 Å². The van der Waals surface area contributed by atoms with Crippen LogP contribution in [-0.2, 0) is 59.6 Å². The molecule has 62 heavy (non-hydrogen) atoms. The summed E-state index contributed by atoms with van der Waals surface area (Å²) in [6, 6.07) is 16.2. The molecule has 0 spiro atoms. The Morgan fingerprint density at radius 2 is 1.55 bits per heavy atom. The number of carbonyl (C=O) groups excluding carboxylic acids is 4. The van der Waals surface area contributed by atoms with E-state index >= 15 is 0 Å². The fraction of sp³-hybridized carbons (Fsp3) is 0.429. The van der Waals surface area contributed by atoms with E-state index in [9.17, 15) is 32.3 Å². The number of thiazole rings is 2. The van der Waals surface area contributed by atoms with Crippen molar-refractivity contribution in [1.82, 2.24) is 50.5 Å². The molecule has 0 radical (unpaired) electrons. The highest BCUT2D eigenvalue weighted by atomic mass is 32.1. The van der Waals surface area contributed by atoms with E-state index in [1.165, 1.54) is 32.5 Å². The Morgan fingerprint density at radius 1 is 0.887 bits per heavy atom. The quantitative estimate of drug-likeness (QED) is 0.0909. The number of benzene rings is 2. The van der Waals surface area contributed by atoms with E-state index in [1.54, 1.807) is 18.8 Å². The highest BCUT2D eigenvalue weighted by molar-refractivity contribution is 7.09. The Hall–Kier alpha value is -5.89. The number of ether oxygens (including phenoxy) is 1. The van der Waals surface area contributed by atoms with Gasteiger partial charge >= 0.3 is 18.3 Å². The lowest BCUT2D eigenvalue weighted by atomic mass is 9.95. The number of hydrogen-bond donors (Lipinski definition) is 3. The Balaban J connectivity index is 1.19. The molecule has 15 nitrogen and oxygen atoms in total. The van der Waals surface area contributed by atoms with Crippen molar-refractivity contribution in [2.45, 2.75) is 102 Å². The lowest BCUT2D eigenvalue weighted by Crippen LogP contribution is -2.54. The second-order valence-electron chi connectivity index (χ2n) is 15.3. The number of halogens is 3. The van der Waals surface area contributed by atoms with Crippen molar-refractivity contribution < 1.29 is 37.1 Å². The van der Waals surface area contributed by atoms with Gasteiger partial charge in [-0.2, -0.15) is 13.2 Å². The van der Waals surface area contributed by atoms with E-state index in [2.05, 4.69) is 36.1 Å². The van der Waals surface area contributed by atoms with E-state index < -0.39 is 60.5 Å². The molecule has 0 saturated carbocycles. The molecular formula is C42H49F3N10O5S2. The monoisotopic (exact) mass is 894 g/mol. The van der Waals surface area contributed by atoms with Crippen LogP contribution in [0.1, 0.15) is 77.4 Å². The summed E-state index contributed by atoms with van der Waals surface area (Å²) >= 11 is 2.85. The van der Waals surface area contributed by atoms with Gasteiger partial charge in [-0.25, -0.2) is 14.6 Å². The minimum absolute atomic E-state index is 0.0419. The zero-order chi connectivity index (χ0) is 44.2. The van der Waals surface area contributed by atoms with Gasteiger partial charge in [-0.1, -0.05) is 74.5 Å². The van der Waals surface area contributed by atoms with Crippen molar-refractivity contribution in [3.05, 3.63) is 116 Å². The molecule has 0 bridgehead atoms. The number of hydrogen-bond acceptors (Lipinski definition) is 11. The topological polar surface area (TPSA) is 177 Å². The van der Waals surface area contributed by atoms with Gasteiger partial charge in [-0.15, -0.1) is 32.9 Å². The molecule has 4 heterocycles. The van der Waals surface area contributed by atoms with Gasteiger partial charge < -0.3 is 35.1 Å². The highest BCUT2D eigenvalue weighted by Crippen LogP contribution is 2.29. The molecule has 1 aliphatic rings. The number of alkyl halides is 3. The number of amides is 5. The molecular weight excluding hydrogens is 846 g/mol. The maximum absolute atomic E-state index is 14.4.